The number of carbonyl (C=O) groups excluding carboxylic acids is 2. The number of ether oxygens (including phenoxy) is 1. The van der Waals surface area contributed by atoms with Crippen molar-refractivity contribution >= 4 is 23.6 Å². The normalized spacial score (nSPS) is 11.7. The Morgan fingerprint density at radius 1 is 1.31 bits per heavy atom. The molecular weight excluding hydrogens is 356 g/mol. The van der Waals surface area contributed by atoms with E-state index in [1.54, 1.807) is 26.2 Å². The van der Waals surface area contributed by atoms with Crippen LogP contribution in [0.3, 0.4) is 0 Å². The molecule has 140 valence electrons. The van der Waals surface area contributed by atoms with Crippen LogP contribution < -0.4 is 15.4 Å². The molecule has 0 bridgehead atoms. The Hall–Kier alpha value is -2.62. The van der Waals surface area contributed by atoms with Crippen LogP contribution in [0, 0.1) is 0 Å². The van der Waals surface area contributed by atoms with Crippen LogP contribution in [0.2, 0.25) is 0 Å². The fraction of sp³-hybridized carbons (Fsp3) is 0.438. The van der Waals surface area contributed by atoms with Gasteiger partial charge in [-0.15, -0.1) is 5.10 Å². The molecule has 0 aliphatic heterocycles. The van der Waals surface area contributed by atoms with E-state index < -0.39 is 6.04 Å². The zero-order chi connectivity index (χ0) is 18.9. The molecule has 0 radical (unpaired) electrons. The van der Waals surface area contributed by atoms with E-state index in [-0.39, 0.29) is 17.6 Å². The molecule has 2 amide bonds. The highest BCUT2D eigenvalue weighted by Crippen LogP contribution is 2.20. The maximum atomic E-state index is 12.1. The van der Waals surface area contributed by atoms with E-state index in [9.17, 15) is 9.59 Å². The minimum Gasteiger partial charge on any atom is -0.497 e. The van der Waals surface area contributed by atoms with Crippen LogP contribution in [0.15, 0.2) is 29.4 Å². The number of hydrogen-bond donors (Lipinski definition) is 2. The number of carbonyl (C=O) groups is 2. The standard InChI is InChI=1S/C16H22N6O3S/c1-4-9-17-15(24)11(2)18-14(23)10-26-16-19-20-21-22(16)12-5-7-13(25-3)8-6-12/h5-8,11H,4,9-10H2,1-3H3,(H,17,24)(H,18,23)/t11-/m0/s1. The van der Waals surface area contributed by atoms with Gasteiger partial charge in [-0.3, -0.25) is 9.59 Å². The summed E-state index contributed by atoms with van der Waals surface area (Å²) in [5, 5.41) is 17.4. The van der Waals surface area contributed by atoms with Gasteiger partial charge in [0.1, 0.15) is 11.8 Å². The Morgan fingerprint density at radius 3 is 2.69 bits per heavy atom. The Balaban J connectivity index is 1.90. The highest BCUT2D eigenvalue weighted by Gasteiger charge is 2.16. The number of hydrogen-bond acceptors (Lipinski definition) is 7. The summed E-state index contributed by atoms with van der Waals surface area (Å²) in [7, 11) is 1.59. The molecule has 0 saturated heterocycles. The predicted molar refractivity (Wildman–Crippen MR) is 97.3 cm³/mol. The van der Waals surface area contributed by atoms with Gasteiger partial charge >= 0.3 is 0 Å². The summed E-state index contributed by atoms with van der Waals surface area (Å²) in [5.74, 6) is 0.361. The Labute approximate surface area is 155 Å². The predicted octanol–water partition coefficient (Wildman–Crippen LogP) is 0.794. The van der Waals surface area contributed by atoms with E-state index in [1.807, 2.05) is 19.1 Å². The minimum atomic E-state index is -0.591. The van der Waals surface area contributed by atoms with Gasteiger partial charge in [0.05, 0.1) is 18.6 Å². The summed E-state index contributed by atoms with van der Waals surface area (Å²) in [5.41, 5.74) is 0.756. The molecule has 0 saturated carbocycles. The number of aromatic nitrogens is 4. The molecule has 0 aliphatic carbocycles. The largest absolute Gasteiger partial charge is 0.497 e. The van der Waals surface area contributed by atoms with Crippen LogP contribution in [0.1, 0.15) is 20.3 Å². The van der Waals surface area contributed by atoms with E-state index in [4.69, 9.17) is 4.74 Å². The van der Waals surface area contributed by atoms with Crippen LogP contribution in [0.4, 0.5) is 0 Å². The Morgan fingerprint density at radius 2 is 2.04 bits per heavy atom. The molecule has 1 heterocycles. The van der Waals surface area contributed by atoms with Gasteiger partial charge in [0.15, 0.2) is 0 Å². The van der Waals surface area contributed by atoms with Gasteiger partial charge in [0, 0.05) is 6.54 Å². The van der Waals surface area contributed by atoms with Crippen molar-refractivity contribution in [3.63, 3.8) is 0 Å². The smallest absolute Gasteiger partial charge is 0.242 e. The molecule has 1 atom stereocenters. The van der Waals surface area contributed by atoms with Crippen molar-refractivity contribution < 1.29 is 14.3 Å². The SMILES string of the molecule is CCCNC(=O)[C@H](C)NC(=O)CSc1nnnn1-c1ccc(OC)cc1. The molecule has 0 fully saturated rings. The van der Waals surface area contributed by atoms with Crippen LogP contribution in [0.5, 0.6) is 5.75 Å². The number of thioether (sulfide) groups is 1. The molecule has 2 rings (SSSR count). The molecule has 0 aliphatic rings. The summed E-state index contributed by atoms with van der Waals surface area (Å²) in [6.07, 6.45) is 0.844. The van der Waals surface area contributed by atoms with Crippen molar-refractivity contribution in [2.24, 2.45) is 0 Å². The van der Waals surface area contributed by atoms with Gasteiger partial charge in [0.25, 0.3) is 0 Å². The number of benzene rings is 1. The lowest BCUT2D eigenvalue weighted by Gasteiger charge is -2.13. The second-order valence-corrected chi connectivity index (χ2v) is 6.38. The average molecular weight is 378 g/mol. The molecule has 10 heteroatoms. The molecule has 26 heavy (non-hydrogen) atoms. The van der Waals surface area contributed by atoms with Crippen molar-refractivity contribution in [3.05, 3.63) is 24.3 Å². The molecule has 2 aromatic rings. The summed E-state index contributed by atoms with van der Waals surface area (Å²) < 4.78 is 6.66. The third-order valence-corrected chi connectivity index (χ3v) is 4.33. The second kappa shape index (κ2) is 9.76. The highest BCUT2D eigenvalue weighted by atomic mass is 32.2. The lowest BCUT2D eigenvalue weighted by molar-refractivity contribution is -0.127. The monoisotopic (exact) mass is 378 g/mol. The first-order valence-corrected chi connectivity index (χ1v) is 9.16. The fourth-order valence-corrected chi connectivity index (χ4v) is 2.74. The Bertz CT molecular complexity index is 734. The number of methoxy groups -OCH3 is 1. The van der Waals surface area contributed by atoms with E-state index >= 15 is 0 Å². The van der Waals surface area contributed by atoms with Crippen LogP contribution >= 0.6 is 11.8 Å². The van der Waals surface area contributed by atoms with Crippen molar-refractivity contribution in [2.45, 2.75) is 31.5 Å². The minimum absolute atomic E-state index is 0.0991. The first-order chi connectivity index (χ1) is 12.5. The summed E-state index contributed by atoms with van der Waals surface area (Å²) in [4.78, 5) is 23.8. The van der Waals surface area contributed by atoms with Crippen molar-refractivity contribution in [1.29, 1.82) is 0 Å². The number of nitrogens with one attached hydrogen (secondary N) is 2. The lowest BCUT2D eigenvalue weighted by atomic mass is 10.3. The number of nitrogens with zero attached hydrogens (tertiary/aromatic N) is 4. The topological polar surface area (TPSA) is 111 Å². The third kappa shape index (κ3) is 5.45. The molecule has 1 aromatic carbocycles. The van der Waals surface area contributed by atoms with Gasteiger partial charge in [0.2, 0.25) is 17.0 Å². The highest BCUT2D eigenvalue weighted by molar-refractivity contribution is 7.99. The van der Waals surface area contributed by atoms with E-state index in [2.05, 4.69) is 26.2 Å². The number of amides is 2. The first-order valence-electron chi connectivity index (χ1n) is 8.17. The molecule has 9 nitrogen and oxygen atoms in total. The zero-order valence-corrected chi connectivity index (χ0v) is 15.7. The lowest BCUT2D eigenvalue weighted by Crippen LogP contribution is -2.45. The van der Waals surface area contributed by atoms with Gasteiger partial charge < -0.3 is 15.4 Å². The van der Waals surface area contributed by atoms with Crippen LogP contribution in [-0.2, 0) is 9.59 Å². The first kappa shape index (κ1) is 19.7. The number of rotatable bonds is 9. The maximum Gasteiger partial charge on any atom is 0.242 e. The molecule has 0 spiro atoms. The van der Waals surface area contributed by atoms with Crippen LogP contribution in [0.25, 0.3) is 5.69 Å². The quantitative estimate of drug-likeness (QED) is 0.621. The van der Waals surface area contributed by atoms with E-state index in [1.165, 1.54) is 16.4 Å². The van der Waals surface area contributed by atoms with Gasteiger partial charge in [-0.05, 0) is 48.0 Å². The van der Waals surface area contributed by atoms with Gasteiger partial charge in [-0.25, -0.2) is 0 Å². The van der Waals surface area contributed by atoms with E-state index in [0.29, 0.717) is 11.7 Å². The third-order valence-electron chi connectivity index (χ3n) is 3.41. The second-order valence-electron chi connectivity index (χ2n) is 5.44. The molecule has 1 aromatic heterocycles. The summed E-state index contributed by atoms with van der Waals surface area (Å²) >= 11 is 1.19. The summed E-state index contributed by atoms with van der Waals surface area (Å²) in [6, 6.07) is 6.65. The van der Waals surface area contributed by atoms with E-state index in [0.717, 1.165) is 17.9 Å². The zero-order valence-electron chi connectivity index (χ0n) is 14.9. The summed E-state index contributed by atoms with van der Waals surface area (Å²) in [6.45, 7) is 4.20. The van der Waals surface area contributed by atoms with Crippen molar-refractivity contribution in [2.75, 3.05) is 19.4 Å². The molecule has 2 N–H and O–H groups in total. The van der Waals surface area contributed by atoms with Gasteiger partial charge in [-0.1, -0.05) is 18.7 Å². The van der Waals surface area contributed by atoms with Crippen molar-refractivity contribution in [1.82, 2.24) is 30.8 Å². The average Bonchev–Trinajstić information content (AvgIpc) is 3.13. The van der Waals surface area contributed by atoms with Crippen LogP contribution in [-0.4, -0.2) is 57.5 Å². The maximum absolute atomic E-state index is 12.1. The van der Waals surface area contributed by atoms with Gasteiger partial charge in [-0.2, -0.15) is 4.68 Å². The molecular formula is C16H22N6O3S. The Kier molecular flexibility index (Phi) is 7.39. The number of tetrazole rings is 1. The fourth-order valence-electron chi connectivity index (χ4n) is 2.03. The molecule has 0 unspecified atom stereocenters. The van der Waals surface area contributed by atoms with Crippen molar-refractivity contribution in [3.8, 4) is 11.4 Å².